The minimum Gasteiger partial charge on any atom is -0.442 e. The number of nitrogens with one attached hydrogen (secondary N) is 1. The number of hydrogen-bond donors (Lipinski definition) is 1. The van der Waals surface area contributed by atoms with Crippen LogP contribution in [-0.4, -0.2) is 36.4 Å². The highest BCUT2D eigenvalue weighted by molar-refractivity contribution is 7.10. The molecule has 2 aromatic heterocycles. The minimum absolute atomic E-state index is 0.196. The molecule has 1 unspecified atom stereocenters. The molecule has 34 heavy (non-hydrogen) atoms. The fourth-order valence-electron chi connectivity index (χ4n) is 4.32. The molecule has 0 spiro atoms. The van der Waals surface area contributed by atoms with Gasteiger partial charge in [-0.1, -0.05) is 5.16 Å². The van der Waals surface area contributed by atoms with Gasteiger partial charge < -0.3 is 14.6 Å². The normalized spacial score (nSPS) is 17.7. The van der Waals surface area contributed by atoms with Crippen molar-refractivity contribution in [1.29, 1.82) is 0 Å². The van der Waals surface area contributed by atoms with Gasteiger partial charge in [-0.05, 0) is 49.1 Å². The standard InChI is InChI=1S/C23H20F3N3O4S/c1-12(30)27-9-16-10-29(22(31)32-16)15-5-6-17-13(7-15)3-2-4-18-20(28-33-21(17)18)14-8-19(34-11-14)23(24,25)26/h5-8,11,16H,2-4,9-10H2,1H3,(H,27,30). The van der Waals surface area contributed by atoms with Crippen molar-refractivity contribution < 1.29 is 32.0 Å². The third-order valence-corrected chi connectivity index (χ3v) is 6.89. The van der Waals surface area contributed by atoms with E-state index < -0.39 is 23.3 Å². The summed E-state index contributed by atoms with van der Waals surface area (Å²) in [7, 11) is 0. The molecule has 1 atom stereocenters. The van der Waals surface area contributed by atoms with E-state index in [0.29, 0.717) is 53.4 Å². The average molecular weight is 491 g/mol. The monoisotopic (exact) mass is 491 g/mol. The van der Waals surface area contributed by atoms with Crippen LogP contribution in [0.5, 0.6) is 0 Å². The van der Waals surface area contributed by atoms with Crippen LogP contribution in [0.2, 0.25) is 0 Å². The predicted molar refractivity (Wildman–Crippen MR) is 119 cm³/mol. The van der Waals surface area contributed by atoms with Crippen molar-refractivity contribution in [2.24, 2.45) is 0 Å². The van der Waals surface area contributed by atoms with Crippen LogP contribution in [0.4, 0.5) is 23.7 Å². The van der Waals surface area contributed by atoms with Crippen molar-refractivity contribution in [1.82, 2.24) is 10.5 Å². The summed E-state index contributed by atoms with van der Waals surface area (Å²) in [6.45, 7) is 1.96. The van der Waals surface area contributed by atoms with Crippen molar-refractivity contribution in [2.45, 2.75) is 38.5 Å². The zero-order valence-electron chi connectivity index (χ0n) is 18.1. The summed E-state index contributed by atoms with van der Waals surface area (Å²) in [4.78, 5) is 24.4. The molecule has 0 saturated carbocycles. The van der Waals surface area contributed by atoms with Crippen LogP contribution in [0.1, 0.15) is 29.3 Å². The van der Waals surface area contributed by atoms with E-state index in [1.54, 1.807) is 6.07 Å². The summed E-state index contributed by atoms with van der Waals surface area (Å²) >= 11 is 0.638. The van der Waals surface area contributed by atoms with E-state index in [9.17, 15) is 22.8 Å². The number of amides is 2. The van der Waals surface area contributed by atoms with E-state index >= 15 is 0 Å². The summed E-state index contributed by atoms with van der Waals surface area (Å²) < 4.78 is 50.1. The van der Waals surface area contributed by atoms with Gasteiger partial charge in [-0.25, -0.2) is 4.79 Å². The summed E-state index contributed by atoms with van der Waals surface area (Å²) in [5.74, 6) is 0.347. The fraction of sp³-hybridized carbons (Fsp3) is 0.348. The van der Waals surface area contributed by atoms with E-state index in [4.69, 9.17) is 9.26 Å². The van der Waals surface area contributed by atoms with Crippen molar-refractivity contribution >= 4 is 29.0 Å². The maximum absolute atomic E-state index is 13.1. The lowest BCUT2D eigenvalue weighted by Gasteiger charge is -2.15. The number of fused-ring (bicyclic) bond motifs is 3. The van der Waals surface area contributed by atoms with E-state index in [2.05, 4.69) is 10.5 Å². The van der Waals surface area contributed by atoms with Crippen LogP contribution in [0.15, 0.2) is 34.2 Å². The number of cyclic esters (lactones) is 1. The molecule has 5 rings (SSSR count). The molecular weight excluding hydrogens is 471 g/mol. The zero-order valence-corrected chi connectivity index (χ0v) is 18.9. The van der Waals surface area contributed by atoms with Crippen molar-refractivity contribution in [2.75, 3.05) is 18.0 Å². The molecule has 1 N–H and O–H groups in total. The number of aryl methyl sites for hydroxylation is 1. The highest BCUT2D eigenvalue weighted by atomic mass is 32.1. The Morgan fingerprint density at radius 1 is 1.29 bits per heavy atom. The fourth-order valence-corrected chi connectivity index (χ4v) is 5.08. The largest absolute Gasteiger partial charge is 0.442 e. The van der Waals surface area contributed by atoms with Gasteiger partial charge in [0.15, 0.2) is 5.76 Å². The first-order chi connectivity index (χ1) is 16.2. The molecule has 11 heteroatoms. The highest BCUT2D eigenvalue weighted by Gasteiger charge is 2.35. The number of aromatic nitrogens is 1. The van der Waals surface area contributed by atoms with Gasteiger partial charge >= 0.3 is 12.3 Å². The molecule has 3 heterocycles. The smallest absolute Gasteiger partial charge is 0.425 e. The number of ether oxygens (including phenoxy) is 1. The van der Waals surface area contributed by atoms with Crippen LogP contribution in [0, 0.1) is 0 Å². The molecule has 0 radical (unpaired) electrons. The molecule has 178 valence electrons. The van der Waals surface area contributed by atoms with E-state index in [-0.39, 0.29) is 12.5 Å². The molecule has 1 aromatic carbocycles. The number of benzene rings is 1. The lowest BCUT2D eigenvalue weighted by Crippen LogP contribution is -2.33. The van der Waals surface area contributed by atoms with Gasteiger partial charge in [0, 0.05) is 34.7 Å². The Kier molecular flexibility index (Phi) is 5.59. The predicted octanol–water partition coefficient (Wildman–Crippen LogP) is 5.04. The second-order valence-electron chi connectivity index (χ2n) is 8.28. The first-order valence-corrected chi connectivity index (χ1v) is 11.6. The van der Waals surface area contributed by atoms with E-state index in [0.717, 1.165) is 29.2 Å². The number of nitrogens with zero attached hydrogens (tertiary/aromatic N) is 2. The maximum Gasteiger partial charge on any atom is 0.425 e. The Balaban J connectivity index is 1.42. The Morgan fingerprint density at radius 2 is 2.12 bits per heavy atom. The first-order valence-electron chi connectivity index (χ1n) is 10.7. The topological polar surface area (TPSA) is 84.7 Å². The van der Waals surface area contributed by atoms with Crippen LogP contribution < -0.4 is 10.2 Å². The molecule has 7 nitrogen and oxygen atoms in total. The number of rotatable bonds is 4. The van der Waals surface area contributed by atoms with Gasteiger partial charge in [0.25, 0.3) is 0 Å². The summed E-state index contributed by atoms with van der Waals surface area (Å²) in [6.07, 6.45) is -3.24. The van der Waals surface area contributed by atoms with Gasteiger partial charge in [-0.3, -0.25) is 9.69 Å². The second kappa shape index (κ2) is 8.46. The maximum atomic E-state index is 13.1. The van der Waals surface area contributed by atoms with Crippen LogP contribution in [-0.2, 0) is 28.5 Å². The van der Waals surface area contributed by atoms with Crippen molar-refractivity contribution in [3.05, 3.63) is 45.6 Å². The molecule has 1 fully saturated rings. The van der Waals surface area contributed by atoms with E-state index in [1.165, 1.54) is 17.2 Å². The Bertz CT molecular complexity index is 1270. The Hall–Kier alpha value is -3.34. The molecule has 1 aliphatic carbocycles. The zero-order chi connectivity index (χ0) is 24.0. The third-order valence-electron chi connectivity index (χ3n) is 5.91. The van der Waals surface area contributed by atoms with Crippen LogP contribution in [0.25, 0.3) is 22.6 Å². The third kappa shape index (κ3) is 4.15. The van der Waals surface area contributed by atoms with Gasteiger partial charge in [0.1, 0.15) is 16.7 Å². The SMILES string of the molecule is CC(=O)NCC1CN(c2ccc3c(c2)CCCc2c(-c4csc(C(F)(F)F)c4)noc2-3)C(=O)O1. The average Bonchev–Trinajstić information content (AvgIpc) is 3.48. The molecule has 1 saturated heterocycles. The van der Waals surface area contributed by atoms with Crippen LogP contribution in [0.3, 0.4) is 0 Å². The van der Waals surface area contributed by atoms with Gasteiger partial charge in [0.2, 0.25) is 5.91 Å². The molecule has 3 aromatic rings. The molecule has 2 aliphatic rings. The number of halogens is 3. The number of hydrogen-bond acceptors (Lipinski definition) is 6. The quantitative estimate of drug-likeness (QED) is 0.553. The van der Waals surface area contributed by atoms with Gasteiger partial charge in [0.05, 0.1) is 13.1 Å². The van der Waals surface area contributed by atoms with Gasteiger partial charge in [-0.2, -0.15) is 13.2 Å². The summed E-state index contributed by atoms with van der Waals surface area (Å²) in [6, 6.07) is 6.63. The number of anilines is 1. The number of alkyl halides is 3. The minimum atomic E-state index is -4.40. The number of carbonyl (C=O) groups excluding carboxylic acids is 2. The number of carbonyl (C=O) groups is 2. The van der Waals surface area contributed by atoms with Crippen molar-refractivity contribution in [3.63, 3.8) is 0 Å². The second-order valence-corrected chi connectivity index (χ2v) is 9.20. The number of thiophene rings is 1. The first kappa shape index (κ1) is 22.5. The Morgan fingerprint density at radius 3 is 2.85 bits per heavy atom. The lowest BCUT2D eigenvalue weighted by atomic mass is 10.0. The molecule has 2 amide bonds. The molecule has 1 aliphatic heterocycles. The Labute approximate surface area is 196 Å². The summed E-state index contributed by atoms with van der Waals surface area (Å²) in [5.41, 5.74) is 4.05. The molecule has 0 bridgehead atoms. The molecular formula is C23H20F3N3O4S. The lowest BCUT2D eigenvalue weighted by molar-refractivity contribution is -0.134. The van der Waals surface area contributed by atoms with E-state index in [1.807, 2.05) is 12.1 Å². The van der Waals surface area contributed by atoms with Crippen molar-refractivity contribution in [3.8, 4) is 22.6 Å². The van der Waals surface area contributed by atoms with Gasteiger partial charge in [-0.15, -0.1) is 11.3 Å². The highest BCUT2D eigenvalue weighted by Crippen LogP contribution is 2.42. The summed E-state index contributed by atoms with van der Waals surface area (Å²) in [5, 5.41) is 8.21. The van der Waals surface area contributed by atoms with Crippen LogP contribution >= 0.6 is 11.3 Å².